The molecule has 0 radical (unpaired) electrons. The molecule has 0 bridgehead atoms. The van der Waals surface area contributed by atoms with Crippen LogP contribution in [0, 0.1) is 0 Å². The largest absolute Gasteiger partial charge is 0.340 e. The normalized spacial score (nSPS) is 16.2. The summed E-state index contributed by atoms with van der Waals surface area (Å²) in [6.07, 6.45) is 0.760. The topological polar surface area (TPSA) is 105 Å². The molecular weight excluding hydrogens is 434 g/mol. The summed E-state index contributed by atoms with van der Waals surface area (Å²) in [5.74, 6) is 0.247. The first-order valence-electron chi connectivity index (χ1n) is 11.4. The number of carbonyl (C=O) groups excluding carboxylic acids is 3. The molecule has 5 rings (SSSR count). The minimum atomic E-state index is -0.278. The second-order valence-electron chi connectivity index (χ2n) is 8.41. The van der Waals surface area contributed by atoms with Crippen LogP contribution in [0.15, 0.2) is 54.6 Å². The first kappa shape index (κ1) is 21.9. The lowest BCUT2D eigenvalue weighted by atomic mass is 10.1. The van der Waals surface area contributed by atoms with Crippen molar-refractivity contribution >= 4 is 17.7 Å². The Kier molecular flexibility index (Phi) is 6.13. The molecule has 0 unspecified atom stereocenters. The van der Waals surface area contributed by atoms with Gasteiger partial charge in [0.2, 0.25) is 5.91 Å². The van der Waals surface area contributed by atoms with Crippen molar-refractivity contribution in [1.82, 2.24) is 34.9 Å². The van der Waals surface area contributed by atoms with E-state index >= 15 is 0 Å². The van der Waals surface area contributed by atoms with Gasteiger partial charge in [0.05, 0.1) is 23.4 Å². The molecule has 2 aromatic carbocycles. The number of tetrazole rings is 1. The maximum atomic E-state index is 12.7. The number of nitrogens with zero attached hydrogens (tertiary/aromatic N) is 7. The smallest absolute Gasteiger partial charge is 0.261 e. The number of benzene rings is 2. The van der Waals surface area contributed by atoms with Crippen LogP contribution in [0.25, 0.3) is 5.69 Å². The Hall–Kier alpha value is -3.92. The van der Waals surface area contributed by atoms with E-state index in [9.17, 15) is 14.4 Å². The maximum Gasteiger partial charge on any atom is 0.261 e. The molecule has 0 atom stereocenters. The van der Waals surface area contributed by atoms with Crippen LogP contribution < -0.4 is 0 Å². The van der Waals surface area contributed by atoms with Gasteiger partial charge in [-0.1, -0.05) is 30.3 Å². The van der Waals surface area contributed by atoms with Crippen LogP contribution in [0.4, 0.5) is 0 Å². The summed E-state index contributed by atoms with van der Waals surface area (Å²) in [4.78, 5) is 42.9. The Labute approximate surface area is 196 Å². The van der Waals surface area contributed by atoms with E-state index in [-0.39, 0.29) is 24.3 Å². The summed E-state index contributed by atoms with van der Waals surface area (Å²) >= 11 is 0. The number of para-hydroxylation sites is 1. The fraction of sp³-hybridized carbons (Fsp3) is 0.333. The molecule has 2 aliphatic rings. The third-order valence-electron chi connectivity index (χ3n) is 6.28. The first-order chi connectivity index (χ1) is 16.6. The molecule has 10 nitrogen and oxygen atoms in total. The molecule has 174 valence electrons. The number of piperazine rings is 1. The molecule has 0 aliphatic carbocycles. The van der Waals surface area contributed by atoms with Crippen LogP contribution >= 0.6 is 0 Å². The fourth-order valence-electron chi connectivity index (χ4n) is 4.42. The number of carbonyl (C=O) groups is 3. The average Bonchev–Trinajstić information content (AvgIpc) is 3.43. The number of hydrogen-bond donors (Lipinski definition) is 0. The minimum Gasteiger partial charge on any atom is -0.340 e. The van der Waals surface area contributed by atoms with Gasteiger partial charge in [0.15, 0.2) is 5.82 Å². The average molecular weight is 460 g/mol. The molecule has 0 spiro atoms. The summed E-state index contributed by atoms with van der Waals surface area (Å²) in [6, 6.07) is 16.6. The van der Waals surface area contributed by atoms with Gasteiger partial charge in [-0.25, -0.2) is 0 Å². The van der Waals surface area contributed by atoms with E-state index < -0.39 is 0 Å². The number of imide groups is 1. The van der Waals surface area contributed by atoms with Gasteiger partial charge in [-0.2, -0.15) is 4.68 Å². The monoisotopic (exact) mass is 459 g/mol. The molecule has 1 fully saturated rings. The van der Waals surface area contributed by atoms with Crippen LogP contribution in [-0.2, 0) is 11.3 Å². The zero-order chi connectivity index (χ0) is 23.5. The summed E-state index contributed by atoms with van der Waals surface area (Å²) in [5, 5.41) is 12.1. The fourth-order valence-corrected chi connectivity index (χ4v) is 4.42. The summed E-state index contributed by atoms with van der Waals surface area (Å²) in [5.41, 5.74) is 1.79. The van der Waals surface area contributed by atoms with E-state index in [0.29, 0.717) is 43.6 Å². The molecule has 0 N–H and O–H groups in total. The number of hydrogen-bond acceptors (Lipinski definition) is 7. The third kappa shape index (κ3) is 4.32. The summed E-state index contributed by atoms with van der Waals surface area (Å²) in [6.45, 7) is 3.55. The first-order valence-corrected chi connectivity index (χ1v) is 11.4. The highest BCUT2D eigenvalue weighted by Crippen LogP contribution is 2.22. The predicted octanol–water partition coefficient (Wildman–Crippen LogP) is 1.38. The molecule has 1 aromatic heterocycles. The lowest BCUT2D eigenvalue weighted by Gasteiger charge is -2.34. The number of amides is 3. The van der Waals surface area contributed by atoms with Gasteiger partial charge in [0, 0.05) is 39.1 Å². The van der Waals surface area contributed by atoms with Gasteiger partial charge in [-0.15, -0.1) is 5.10 Å². The second kappa shape index (κ2) is 9.52. The molecule has 2 aliphatic heterocycles. The van der Waals surface area contributed by atoms with Crippen molar-refractivity contribution in [2.24, 2.45) is 0 Å². The Morgan fingerprint density at radius 2 is 1.50 bits per heavy atom. The van der Waals surface area contributed by atoms with E-state index in [1.807, 2.05) is 35.2 Å². The van der Waals surface area contributed by atoms with E-state index in [0.717, 1.165) is 24.6 Å². The standard InChI is InChI=1S/C24H25N7O3/c32-22(11-6-12-30-23(33)19-9-4-5-10-20(19)24(30)34)29-15-13-28(14-16-29)17-21-25-26-27-31(21)18-7-2-1-3-8-18/h1-5,7-10H,6,11-17H2. The third-order valence-corrected chi connectivity index (χ3v) is 6.28. The molecule has 3 aromatic rings. The Morgan fingerprint density at radius 1 is 0.853 bits per heavy atom. The molecular formula is C24H25N7O3. The van der Waals surface area contributed by atoms with Crippen LogP contribution in [0.5, 0.6) is 0 Å². The van der Waals surface area contributed by atoms with Crippen LogP contribution in [-0.4, -0.2) is 85.4 Å². The van der Waals surface area contributed by atoms with Crippen LogP contribution in [0.2, 0.25) is 0 Å². The molecule has 34 heavy (non-hydrogen) atoms. The SMILES string of the molecule is O=C(CCCN1C(=O)c2ccccc2C1=O)N1CCN(Cc2nnnn2-c2ccccc2)CC1. The molecule has 3 heterocycles. The van der Waals surface area contributed by atoms with E-state index in [1.54, 1.807) is 28.9 Å². The lowest BCUT2D eigenvalue weighted by molar-refractivity contribution is -0.133. The highest BCUT2D eigenvalue weighted by atomic mass is 16.2. The molecule has 1 saturated heterocycles. The maximum absolute atomic E-state index is 12.7. The Bertz CT molecular complexity index is 1170. The predicted molar refractivity (Wildman–Crippen MR) is 122 cm³/mol. The number of aromatic nitrogens is 4. The Balaban J connectivity index is 1.08. The van der Waals surface area contributed by atoms with E-state index in [4.69, 9.17) is 0 Å². The zero-order valence-electron chi connectivity index (χ0n) is 18.7. The van der Waals surface area contributed by atoms with Gasteiger partial charge in [0.25, 0.3) is 11.8 Å². The van der Waals surface area contributed by atoms with Crippen LogP contribution in [0.3, 0.4) is 0 Å². The van der Waals surface area contributed by atoms with Gasteiger partial charge < -0.3 is 4.90 Å². The van der Waals surface area contributed by atoms with Crippen molar-refractivity contribution in [3.63, 3.8) is 0 Å². The van der Waals surface area contributed by atoms with Crippen LogP contribution in [0.1, 0.15) is 39.4 Å². The summed E-state index contributed by atoms with van der Waals surface area (Å²) in [7, 11) is 0. The van der Waals surface area contributed by atoms with Crippen molar-refractivity contribution in [1.29, 1.82) is 0 Å². The highest BCUT2D eigenvalue weighted by Gasteiger charge is 2.34. The van der Waals surface area contributed by atoms with Crippen molar-refractivity contribution in [3.05, 3.63) is 71.5 Å². The Morgan fingerprint density at radius 3 is 2.18 bits per heavy atom. The zero-order valence-corrected chi connectivity index (χ0v) is 18.7. The summed E-state index contributed by atoms with van der Waals surface area (Å²) < 4.78 is 1.73. The van der Waals surface area contributed by atoms with E-state index in [1.165, 1.54) is 4.90 Å². The number of fused-ring (bicyclic) bond motifs is 1. The van der Waals surface area contributed by atoms with Crippen molar-refractivity contribution < 1.29 is 14.4 Å². The van der Waals surface area contributed by atoms with Gasteiger partial charge >= 0.3 is 0 Å². The van der Waals surface area contributed by atoms with Gasteiger partial charge in [-0.3, -0.25) is 24.2 Å². The molecule has 0 saturated carbocycles. The highest BCUT2D eigenvalue weighted by molar-refractivity contribution is 6.21. The minimum absolute atomic E-state index is 0.0466. The van der Waals surface area contributed by atoms with Crippen molar-refractivity contribution in [2.45, 2.75) is 19.4 Å². The second-order valence-corrected chi connectivity index (χ2v) is 8.41. The van der Waals surface area contributed by atoms with Crippen molar-refractivity contribution in [3.8, 4) is 5.69 Å². The van der Waals surface area contributed by atoms with E-state index in [2.05, 4.69) is 20.4 Å². The van der Waals surface area contributed by atoms with Gasteiger partial charge in [-0.05, 0) is 41.1 Å². The lowest BCUT2D eigenvalue weighted by Crippen LogP contribution is -2.48. The quantitative estimate of drug-likeness (QED) is 0.492. The van der Waals surface area contributed by atoms with Gasteiger partial charge in [0.1, 0.15) is 0 Å². The van der Waals surface area contributed by atoms with Crippen molar-refractivity contribution in [2.75, 3.05) is 32.7 Å². The number of rotatable bonds is 7. The molecule has 10 heteroatoms. The molecule has 3 amide bonds.